The molecule has 0 aromatic heterocycles. The molecule has 1 aliphatic rings. The number of alkyl halides is 2. The van der Waals surface area contributed by atoms with Gasteiger partial charge < -0.3 is 14.8 Å². The summed E-state index contributed by atoms with van der Waals surface area (Å²) in [5.41, 5.74) is -0.522. The molecule has 6 heteroatoms. The van der Waals surface area contributed by atoms with Gasteiger partial charge in [-0.05, 0) is 39.5 Å². The van der Waals surface area contributed by atoms with Gasteiger partial charge in [0.2, 0.25) is 0 Å². The molecule has 0 aromatic carbocycles. The molecule has 0 radical (unpaired) electrons. The van der Waals surface area contributed by atoms with Crippen LogP contribution in [0.25, 0.3) is 0 Å². The van der Waals surface area contributed by atoms with Gasteiger partial charge >= 0.3 is 12.7 Å². The van der Waals surface area contributed by atoms with Crippen LogP contribution >= 0.6 is 0 Å². The second-order valence-electron chi connectivity index (χ2n) is 5.27. The number of nitrogens with one attached hydrogen (secondary N) is 1. The average molecular weight is 251 g/mol. The van der Waals surface area contributed by atoms with E-state index in [1.54, 1.807) is 20.8 Å². The molecule has 0 atom stereocenters. The molecule has 1 saturated carbocycles. The van der Waals surface area contributed by atoms with Gasteiger partial charge in [-0.1, -0.05) is 0 Å². The highest BCUT2D eigenvalue weighted by Crippen LogP contribution is 2.28. The van der Waals surface area contributed by atoms with Crippen LogP contribution in [0.4, 0.5) is 13.6 Å². The summed E-state index contributed by atoms with van der Waals surface area (Å²) in [6.07, 6.45) is 0.855. The van der Waals surface area contributed by atoms with E-state index in [2.05, 4.69) is 10.1 Å². The summed E-state index contributed by atoms with van der Waals surface area (Å²) >= 11 is 0. The molecule has 0 saturated heterocycles. The van der Waals surface area contributed by atoms with Gasteiger partial charge in [-0.25, -0.2) is 4.79 Å². The van der Waals surface area contributed by atoms with Crippen LogP contribution in [-0.4, -0.2) is 31.0 Å². The topological polar surface area (TPSA) is 47.6 Å². The van der Waals surface area contributed by atoms with E-state index < -0.39 is 18.3 Å². The van der Waals surface area contributed by atoms with Crippen molar-refractivity contribution in [3.8, 4) is 0 Å². The third-order valence-corrected chi connectivity index (χ3v) is 2.41. The van der Waals surface area contributed by atoms with Crippen molar-refractivity contribution in [2.75, 3.05) is 6.61 Å². The molecule has 100 valence electrons. The molecule has 0 aliphatic heterocycles. The molecule has 0 unspecified atom stereocenters. The molecule has 0 bridgehead atoms. The zero-order valence-electron chi connectivity index (χ0n) is 10.3. The fourth-order valence-electron chi connectivity index (χ4n) is 1.67. The molecule has 0 aromatic rings. The lowest BCUT2D eigenvalue weighted by atomic mass is 9.81. The van der Waals surface area contributed by atoms with E-state index in [-0.39, 0.29) is 18.6 Å². The first-order chi connectivity index (χ1) is 7.76. The second kappa shape index (κ2) is 5.62. The van der Waals surface area contributed by atoms with E-state index in [9.17, 15) is 13.6 Å². The molecule has 1 fully saturated rings. The molecule has 17 heavy (non-hydrogen) atoms. The van der Waals surface area contributed by atoms with E-state index in [1.807, 2.05) is 0 Å². The van der Waals surface area contributed by atoms with Crippen molar-refractivity contribution in [2.24, 2.45) is 5.92 Å². The van der Waals surface area contributed by atoms with Crippen molar-refractivity contribution in [2.45, 2.75) is 51.9 Å². The van der Waals surface area contributed by atoms with Gasteiger partial charge in [-0.15, -0.1) is 0 Å². The number of halogens is 2. The highest BCUT2D eigenvalue weighted by Gasteiger charge is 2.32. The Morgan fingerprint density at radius 1 is 1.41 bits per heavy atom. The van der Waals surface area contributed by atoms with Gasteiger partial charge in [-0.3, -0.25) is 0 Å². The van der Waals surface area contributed by atoms with Gasteiger partial charge in [0.25, 0.3) is 0 Å². The van der Waals surface area contributed by atoms with E-state index in [0.717, 1.165) is 0 Å². The van der Waals surface area contributed by atoms with Crippen molar-refractivity contribution >= 4 is 6.09 Å². The van der Waals surface area contributed by atoms with Crippen LogP contribution in [0.1, 0.15) is 33.6 Å². The maximum absolute atomic E-state index is 11.7. The Morgan fingerprint density at radius 3 is 2.47 bits per heavy atom. The van der Waals surface area contributed by atoms with Gasteiger partial charge in [0.05, 0.1) is 6.61 Å². The molecule has 1 rings (SSSR count). The van der Waals surface area contributed by atoms with E-state index in [1.165, 1.54) is 0 Å². The zero-order valence-corrected chi connectivity index (χ0v) is 10.3. The molecule has 0 spiro atoms. The van der Waals surface area contributed by atoms with Gasteiger partial charge in [0.1, 0.15) is 5.60 Å². The first-order valence-electron chi connectivity index (χ1n) is 5.65. The summed E-state index contributed by atoms with van der Waals surface area (Å²) in [5, 5.41) is 2.69. The fourth-order valence-corrected chi connectivity index (χ4v) is 1.67. The third-order valence-electron chi connectivity index (χ3n) is 2.41. The van der Waals surface area contributed by atoms with Crippen molar-refractivity contribution < 1.29 is 23.0 Å². The minimum absolute atomic E-state index is 0.0103. The Hall–Kier alpha value is -0.910. The Bertz CT molecular complexity index is 260. The van der Waals surface area contributed by atoms with E-state index in [0.29, 0.717) is 12.8 Å². The number of carbonyl (C=O) groups excluding carboxylic acids is 1. The quantitative estimate of drug-likeness (QED) is 0.835. The minimum atomic E-state index is -2.71. The van der Waals surface area contributed by atoms with Gasteiger partial charge in [0, 0.05) is 6.04 Å². The summed E-state index contributed by atoms with van der Waals surface area (Å²) in [4.78, 5) is 11.4. The average Bonchev–Trinajstić information content (AvgIpc) is 2.04. The predicted molar refractivity (Wildman–Crippen MR) is 57.8 cm³/mol. The van der Waals surface area contributed by atoms with Crippen LogP contribution < -0.4 is 5.32 Å². The Balaban J connectivity index is 2.11. The lowest BCUT2D eigenvalue weighted by Gasteiger charge is -2.35. The van der Waals surface area contributed by atoms with Crippen LogP contribution in [0.15, 0.2) is 0 Å². The number of carbonyl (C=O) groups is 1. The highest BCUT2D eigenvalue weighted by atomic mass is 19.3. The number of hydrogen-bond acceptors (Lipinski definition) is 3. The zero-order chi connectivity index (χ0) is 13.1. The monoisotopic (exact) mass is 251 g/mol. The summed E-state index contributed by atoms with van der Waals surface area (Å²) in [5.74, 6) is 0.101. The minimum Gasteiger partial charge on any atom is -0.444 e. The Labute approximate surface area is 99.7 Å². The number of amides is 1. The van der Waals surface area contributed by atoms with Crippen molar-refractivity contribution in [1.82, 2.24) is 5.32 Å². The number of hydrogen-bond donors (Lipinski definition) is 1. The summed E-state index contributed by atoms with van der Waals surface area (Å²) in [6, 6.07) is 0.0103. The third kappa shape index (κ3) is 5.81. The first kappa shape index (κ1) is 14.2. The SMILES string of the molecule is CC(C)(C)OC(=O)N[C@H]1C[C@H](COC(F)F)C1. The number of alkyl carbamates (subject to hydrolysis) is 1. The van der Waals surface area contributed by atoms with Crippen molar-refractivity contribution in [3.05, 3.63) is 0 Å². The summed E-state index contributed by atoms with van der Waals surface area (Å²) in [6.45, 7) is 2.68. The van der Waals surface area contributed by atoms with Crippen LogP contribution in [0.2, 0.25) is 0 Å². The molecular formula is C11H19F2NO3. The molecule has 0 heterocycles. The standard InChI is InChI=1S/C11H19F2NO3/c1-11(2,3)17-10(15)14-8-4-7(5-8)6-16-9(12)13/h7-9H,4-6H2,1-3H3,(H,14,15)/t7-,8-. The first-order valence-corrected chi connectivity index (χ1v) is 5.65. The van der Waals surface area contributed by atoms with Gasteiger partial charge in [-0.2, -0.15) is 8.78 Å². The molecule has 1 N–H and O–H groups in total. The van der Waals surface area contributed by atoms with Gasteiger partial charge in [0.15, 0.2) is 0 Å². The Kier molecular flexibility index (Phi) is 4.68. The molecule has 1 aliphatic carbocycles. The Morgan fingerprint density at radius 2 is 2.00 bits per heavy atom. The normalized spacial score (nSPS) is 24.4. The fraction of sp³-hybridized carbons (Fsp3) is 0.909. The smallest absolute Gasteiger partial charge is 0.407 e. The highest BCUT2D eigenvalue weighted by molar-refractivity contribution is 5.68. The lowest BCUT2D eigenvalue weighted by Crippen LogP contribution is -2.47. The van der Waals surface area contributed by atoms with Crippen LogP contribution in [0.5, 0.6) is 0 Å². The summed E-state index contributed by atoms with van der Waals surface area (Å²) < 4.78 is 32.8. The van der Waals surface area contributed by atoms with E-state index >= 15 is 0 Å². The lowest BCUT2D eigenvalue weighted by molar-refractivity contribution is -0.145. The summed E-state index contributed by atoms with van der Waals surface area (Å²) in [7, 11) is 0. The van der Waals surface area contributed by atoms with E-state index in [4.69, 9.17) is 4.74 Å². The maximum atomic E-state index is 11.7. The maximum Gasteiger partial charge on any atom is 0.407 e. The van der Waals surface area contributed by atoms with Crippen molar-refractivity contribution in [3.63, 3.8) is 0 Å². The molecule has 4 nitrogen and oxygen atoms in total. The van der Waals surface area contributed by atoms with Crippen molar-refractivity contribution in [1.29, 1.82) is 0 Å². The van der Waals surface area contributed by atoms with Crippen LogP contribution in [-0.2, 0) is 9.47 Å². The van der Waals surface area contributed by atoms with Crippen LogP contribution in [0, 0.1) is 5.92 Å². The number of rotatable bonds is 4. The van der Waals surface area contributed by atoms with Crippen LogP contribution in [0.3, 0.4) is 0 Å². The molecular weight excluding hydrogens is 232 g/mol. The number of ether oxygens (including phenoxy) is 2. The molecule has 1 amide bonds. The predicted octanol–water partition coefficient (Wildman–Crippen LogP) is 2.53. The largest absolute Gasteiger partial charge is 0.444 e. The second-order valence-corrected chi connectivity index (χ2v) is 5.27.